The molecule has 33 heavy (non-hydrogen) atoms. The van der Waals surface area contributed by atoms with Gasteiger partial charge in [-0.1, -0.05) is 54.6 Å². The van der Waals surface area contributed by atoms with Crippen LogP contribution in [0.15, 0.2) is 78.9 Å². The molecule has 5 rings (SSSR count). The zero-order valence-electron chi connectivity index (χ0n) is 18.9. The summed E-state index contributed by atoms with van der Waals surface area (Å²) in [6.07, 6.45) is -0.203. The first-order valence-electron chi connectivity index (χ1n) is 11.6. The van der Waals surface area contributed by atoms with Gasteiger partial charge in [-0.15, -0.1) is 0 Å². The van der Waals surface area contributed by atoms with E-state index in [2.05, 4.69) is 45.1 Å². The SMILES string of the molecule is CC(CN1CCN(c2ccccc2O)CC1)N1c2ccccc2C(=O)NC1c1ccccc1. The Labute approximate surface area is 195 Å². The fourth-order valence-corrected chi connectivity index (χ4v) is 5.04. The van der Waals surface area contributed by atoms with Crippen LogP contribution < -0.4 is 15.1 Å². The summed E-state index contributed by atoms with van der Waals surface area (Å²) in [5, 5.41) is 13.4. The van der Waals surface area contributed by atoms with E-state index >= 15 is 0 Å². The summed E-state index contributed by atoms with van der Waals surface area (Å²) >= 11 is 0. The molecule has 3 aromatic rings. The van der Waals surface area contributed by atoms with Gasteiger partial charge in [0.2, 0.25) is 0 Å². The van der Waals surface area contributed by atoms with Gasteiger partial charge >= 0.3 is 0 Å². The molecule has 6 nitrogen and oxygen atoms in total. The fraction of sp³-hybridized carbons (Fsp3) is 0.296. The molecule has 0 aliphatic carbocycles. The highest BCUT2D eigenvalue weighted by Gasteiger charge is 2.35. The second-order valence-electron chi connectivity index (χ2n) is 8.84. The lowest BCUT2D eigenvalue weighted by Crippen LogP contribution is -2.55. The van der Waals surface area contributed by atoms with Crippen LogP contribution in [0.4, 0.5) is 11.4 Å². The quantitative estimate of drug-likeness (QED) is 0.629. The molecular formula is C27H30N4O2. The molecule has 0 saturated carbocycles. The van der Waals surface area contributed by atoms with Crippen LogP contribution in [0.3, 0.4) is 0 Å². The summed E-state index contributed by atoms with van der Waals surface area (Å²) in [6, 6.07) is 25.8. The van der Waals surface area contributed by atoms with Crippen LogP contribution >= 0.6 is 0 Å². The summed E-state index contributed by atoms with van der Waals surface area (Å²) < 4.78 is 0. The van der Waals surface area contributed by atoms with E-state index in [9.17, 15) is 9.90 Å². The summed E-state index contributed by atoms with van der Waals surface area (Å²) in [4.78, 5) is 19.9. The van der Waals surface area contributed by atoms with Gasteiger partial charge in [-0.2, -0.15) is 0 Å². The van der Waals surface area contributed by atoms with E-state index in [1.54, 1.807) is 6.07 Å². The number of para-hydroxylation sites is 3. The van der Waals surface area contributed by atoms with E-state index in [1.165, 1.54) is 0 Å². The zero-order valence-corrected chi connectivity index (χ0v) is 18.9. The number of aromatic hydroxyl groups is 1. The van der Waals surface area contributed by atoms with Gasteiger partial charge in [-0.25, -0.2) is 0 Å². The number of rotatable bonds is 5. The maximum absolute atomic E-state index is 12.9. The molecular weight excluding hydrogens is 412 g/mol. The minimum absolute atomic E-state index is 0.0285. The number of nitrogens with zero attached hydrogens (tertiary/aromatic N) is 3. The van der Waals surface area contributed by atoms with Crippen molar-refractivity contribution in [2.75, 3.05) is 42.5 Å². The van der Waals surface area contributed by atoms with Gasteiger partial charge in [-0.3, -0.25) is 9.69 Å². The van der Waals surface area contributed by atoms with Crippen LogP contribution in [0, 0.1) is 0 Å². The van der Waals surface area contributed by atoms with Crippen LogP contribution in [-0.2, 0) is 0 Å². The summed E-state index contributed by atoms with van der Waals surface area (Å²) in [5.41, 5.74) is 3.69. The Balaban J connectivity index is 1.34. The molecule has 2 aliphatic heterocycles. The number of carbonyl (C=O) groups excluding carboxylic acids is 1. The zero-order chi connectivity index (χ0) is 22.8. The van der Waals surface area contributed by atoms with Gasteiger partial charge in [0, 0.05) is 38.8 Å². The van der Waals surface area contributed by atoms with Gasteiger partial charge in [0.25, 0.3) is 5.91 Å². The lowest BCUT2D eigenvalue weighted by molar-refractivity contribution is 0.0922. The maximum atomic E-state index is 12.9. The van der Waals surface area contributed by atoms with Crippen molar-refractivity contribution >= 4 is 17.3 Å². The molecule has 1 saturated heterocycles. The van der Waals surface area contributed by atoms with Crippen LogP contribution in [0.25, 0.3) is 0 Å². The molecule has 2 atom stereocenters. The molecule has 0 aromatic heterocycles. The van der Waals surface area contributed by atoms with E-state index in [0.29, 0.717) is 5.75 Å². The van der Waals surface area contributed by atoms with Crippen molar-refractivity contribution in [2.24, 2.45) is 0 Å². The number of carbonyl (C=O) groups is 1. The van der Waals surface area contributed by atoms with Crippen molar-refractivity contribution in [2.45, 2.75) is 19.1 Å². The second-order valence-corrected chi connectivity index (χ2v) is 8.84. The van der Waals surface area contributed by atoms with Crippen molar-refractivity contribution in [1.82, 2.24) is 10.2 Å². The number of benzene rings is 3. The smallest absolute Gasteiger partial charge is 0.255 e. The monoisotopic (exact) mass is 442 g/mol. The first kappa shape index (κ1) is 21.3. The summed E-state index contributed by atoms with van der Waals surface area (Å²) in [6.45, 7) is 6.73. The van der Waals surface area contributed by atoms with Crippen LogP contribution in [0.5, 0.6) is 5.75 Å². The van der Waals surface area contributed by atoms with E-state index in [-0.39, 0.29) is 18.1 Å². The largest absolute Gasteiger partial charge is 0.506 e. The number of fused-ring (bicyclic) bond motifs is 1. The molecule has 6 heteroatoms. The summed E-state index contributed by atoms with van der Waals surface area (Å²) in [5.74, 6) is 0.310. The number of piperazine rings is 1. The van der Waals surface area contributed by atoms with Crippen molar-refractivity contribution in [3.05, 3.63) is 90.0 Å². The Kier molecular flexibility index (Phi) is 5.92. The minimum atomic E-state index is -0.203. The Bertz CT molecular complexity index is 1110. The summed E-state index contributed by atoms with van der Waals surface area (Å²) in [7, 11) is 0. The van der Waals surface area contributed by atoms with Crippen LogP contribution in [-0.4, -0.2) is 54.7 Å². The third kappa shape index (κ3) is 4.26. The molecule has 2 N–H and O–H groups in total. The molecule has 0 radical (unpaired) electrons. The standard InChI is InChI=1S/C27H30N4O2/c1-20(19-29-15-17-30(18-16-29)24-13-7-8-14-25(24)32)31-23-12-6-5-11-22(23)27(33)28-26(31)21-9-3-2-4-10-21/h2-14,20,26,32H,15-19H2,1H3,(H,28,33). The molecule has 2 heterocycles. The van der Waals surface area contributed by atoms with Gasteiger partial charge in [0.05, 0.1) is 16.9 Å². The van der Waals surface area contributed by atoms with Crippen LogP contribution in [0.2, 0.25) is 0 Å². The molecule has 1 fully saturated rings. The lowest BCUT2D eigenvalue weighted by atomic mass is 10.0. The highest BCUT2D eigenvalue weighted by Crippen LogP contribution is 2.35. The highest BCUT2D eigenvalue weighted by molar-refractivity contribution is 6.02. The van der Waals surface area contributed by atoms with Crippen LogP contribution in [0.1, 0.15) is 29.0 Å². The van der Waals surface area contributed by atoms with E-state index in [1.807, 2.05) is 54.6 Å². The Morgan fingerprint density at radius 1 is 0.879 bits per heavy atom. The predicted molar refractivity (Wildman–Crippen MR) is 132 cm³/mol. The van der Waals surface area contributed by atoms with E-state index in [0.717, 1.165) is 55.2 Å². The molecule has 3 aromatic carbocycles. The first-order chi connectivity index (χ1) is 16.1. The van der Waals surface area contributed by atoms with E-state index < -0.39 is 0 Å². The lowest BCUT2D eigenvalue weighted by Gasteiger charge is -2.45. The number of nitrogens with one attached hydrogen (secondary N) is 1. The molecule has 0 bridgehead atoms. The predicted octanol–water partition coefficient (Wildman–Crippen LogP) is 3.85. The van der Waals surface area contributed by atoms with Gasteiger partial charge < -0.3 is 20.2 Å². The van der Waals surface area contributed by atoms with Crippen molar-refractivity contribution in [3.8, 4) is 5.75 Å². The average Bonchev–Trinajstić information content (AvgIpc) is 2.85. The van der Waals surface area contributed by atoms with Crippen molar-refractivity contribution in [1.29, 1.82) is 0 Å². The number of amides is 1. The Hall–Kier alpha value is -3.51. The molecule has 1 amide bonds. The van der Waals surface area contributed by atoms with Gasteiger partial charge in [0.15, 0.2) is 0 Å². The fourth-order valence-electron chi connectivity index (χ4n) is 5.04. The normalized spacial score (nSPS) is 19.7. The number of anilines is 2. The van der Waals surface area contributed by atoms with Gasteiger partial charge in [0.1, 0.15) is 11.9 Å². The molecule has 2 unspecified atom stereocenters. The molecule has 170 valence electrons. The Morgan fingerprint density at radius 2 is 1.52 bits per heavy atom. The Morgan fingerprint density at radius 3 is 2.24 bits per heavy atom. The van der Waals surface area contributed by atoms with E-state index in [4.69, 9.17) is 0 Å². The number of phenolic OH excluding ortho intramolecular Hbond substituents is 1. The molecule has 0 spiro atoms. The first-order valence-corrected chi connectivity index (χ1v) is 11.6. The highest BCUT2D eigenvalue weighted by atomic mass is 16.3. The van der Waals surface area contributed by atoms with Crippen molar-refractivity contribution < 1.29 is 9.90 Å². The number of phenols is 1. The number of hydrogen-bond acceptors (Lipinski definition) is 5. The third-order valence-corrected chi connectivity index (χ3v) is 6.68. The topological polar surface area (TPSA) is 59.1 Å². The number of hydrogen-bond donors (Lipinski definition) is 2. The minimum Gasteiger partial charge on any atom is -0.506 e. The third-order valence-electron chi connectivity index (χ3n) is 6.68. The maximum Gasteiger partial charge on any atom is 0.255 e. The second kappa shape index (κ2) is 9.16. The van der Waals surface area contributed by atoms with Gasteiger partial charge in [-0.05, 0) is 36.8 Å². The molecule has 2 aliphatic rings. The average molecular weight is 443 g/mol. The van der Waals surface area contributed by atoms with Crippen molar-refractivity contribution in [3.63, 3.8) is 0 Å².